The molecule has 4 heterocycles. The summed E-state index contributed by atoms with van der Waals surface area (Å²) in [4.78, 5) is 53.1. The minimum Gasteiger partial charge on any atom is -0.446 e. The summed E-state index contributed by atoms with van der Waals surface area (Å²) in [5.41, 5.74) is 8.10. The van der Waals surface area contributed by atoms with Crippen LogP contribution in [-0.4, -0.2) is 107 Å². The van der Waals surface area contributed by atoms with Gasteiger partial charge in [-0.15, -0.1) is 20.4 Å². The third-order valence-corrected chi connectivity index (χ3v) is 12.2. The number of fused-ring (bicyclic) bond motifs is 2. The Hall–Kier alpha value is -6.77. The first-order chi connectivity index (χ1) is 31.9. The molecular formula is C52H69N10O5+. The summed E-state index contributed by atoms with van der Waals surface area (Å²) >= 11 is 0. The molecule has 2 aromatic carbocycles. The lowest BCUT2D eigenvalue weighted by Gasteiger charge is -2.24. The Labute approximate surface area is 396 Å². The van der Waals surface area contributed by atoms with Crippen LogP contribution in [0.4, 0.5) is 27.5 Å². The van der Waals surface area contributed by atoms with E-state index in [9.17, 15) is 19.2 Å². The van der Waals surface area contributed by atoms with Gasteiger partial charge in [-0.2, -0.15) is 4.58 Å². The van der Waals surface area contributed by atoms with E-state index in [1.54, 1.807) is 14.0 Å². The average Bonchev–Trinajstić information content (AvgIpc) is 3.78. The third-order valence-electron chi connectivity index (χ3n) is 12.2. The zero-order chi connectivity index (χ0) is 48.9. The number of anilines is 3. The number of allylic oxidation sites excluding steroid dienone is 8. The van der Waals surface area contributed by atoms with E-state index in [1.807, 2.05) is 25.2 Å². The molecule has 4 aliphatic rings. The van der Waals surface area contributed by atoms with Crippen LogP contribution in [0.25, 0.3) is 0 Å². The number of rotatable bonds is 11. The molecular weight excluding hydrogens is 845 g/mol. The van der Waals surface area contributed by atoms with E-state index in [-0.39, 0.29) is 53.0 Å². The third kappa shape index (κ3) is 12.8. The summed E-state index contributed by atoms with van der Waals surface area (Å²) in [5.74, 6) is -0.0201. The van der Waals surface area contributed by atoms with Crippen LogP contribution in [-0.2, 0) is 36.4 Å². The number of hydrogen-bond acceptors (Lipinski definition) is 11. The second-order valence-electron chi connectivity index (χ2n) is 18.1. The normalized spacial score (nSPS) is 19.0. The predicted molar refractivity (Wildman–Crippen MR) is 266 cm³/mol. The maximum Gasteiger partial charge on any atom is 0.407 e. The fourth-order valence-electron chi connectivity index (χ4n) is 8.54. The Morgan fingerprint density at radius 3 is 2.28 bits per heavy atom. The number of carbonyl (C=O) groups is 4. The molecule has 67 heavy (non-hydrogen) atoms. The number of likely N-dealkylation sites (N-methyl/N-ethyl adjacent to an activating group) is 2. The SMILES string of the molecule is CCC.CNC(=O)OC1CC/C=C/CCC1.Cc1nnc(CC(=O)Nc2ccc3c(c2)C(C)(C)\C(=C/C=C/C=C/C2=[N+](C)c4ccc(N(C)CCN5C(=O)C=CC5=O)cc4C2(C)C)N3C)nn1. The minimum atomic E-state index is -0.311. The highest BCUT2D eigenvalue weighted by Gasteiger charge is 2.43. The highest BCUT2D eigenvalue weighted by molar-refractivity contribution is 6.13. The van der Waals surface area contributed by atoms with Crippen LogP contribution >= 0.6 is 0 Å². The fourth-order valence-corrected chi connectivity index (χ4v) is 8.54. The molecule has 3 aromatic rings. The van der Waals surface area contributed by atoms with Gasteiger partial charge in [0.15, 0.2) is 17.4 Å². The van der Waals surface area contributed by atoms with Gasteiger partial charge in [-0.1, -0.05) is 64.5 Å². The zero-order valence-corrected chi connectivity index (χ0v) is 41.2. The van der Waals surface area contributed by atoms with Crippen molar-refractivity contribution in [3.63, 3.8) is 0 Å². The van der Waals surface area contributed by atoms with Crippen molar-refractivity contribution in [1.82, 2.24) is 30.6 Å². The summed E-state index contributed by atoms with van der Waals surface area (Å²) in [5, 5.41) is 21.1. The molecule has 356 valence electrons. The van der Waals surface area contributed by atoms with Gasteiger partial charge in [0.2, 0.25) is 11.6 Å². The van der Waals surface area contributed by atoms with Crippen molar-refractivity contribution in [3.05, 3.63) is 120 Å². The molecule has 2 N–H and O–H groups in total. The molecule has 15 heteroatoms. The average molecular weight is 914 g/mol. The lowest BCUT2D eigenvalue weighted by atomic mass is 9.81. The monoisotopic (exact) mass is 914 g/mol. The molecule has 0 spiro atoms. The maximum absolute atomic E-state index is 12.7. The Morgan fingerprint density at radius 1 is 0.910 bits per heavy atom. The van der Waals surface area contributed by atoms with Gasteiger partial charge < -0.3 is 25.2 Å². The number of nitrogens with one attached hydrogen (secondary N) is 2. The van der Waals surface area contributed by atoms with E-state index < -0.39 is 0 Å². The summed E-state index contributed by atoms with van der Waals surface area (Å²) in [6.45, 7) is 15.7. The van der Waals surface area contributed by atoms with Gasteiger partial charge in [0.25, 0.3) is 11.8 Å². The van der Waals surface area contributed by atoms with Crippen molar-refractivity contribution in [2.75, 3.05) is 56.4 Å². The summed E-state index contributed by atoms with van der Waals surface area (Å²) in [7, 11) is 7.72. The number of amides is 4. The molecule has 0 radical (unpaired) electrons. The Balaban J connectivity index is 0.000000446. The van der Waals surface area contributed by atoms with Gasteiger partial charge in [0.05, 0.1) is 11.8 Å². The van der Waals surface area contributed by atoms with Crippen LogP contribution in [0, 0.1) is 6.92 Å². The Kier molecular flexibility index (Phi) is 17.7. The molecule has 0 saturated heterocycles. The molecule has 0 bridgehead atoms. The fraction of sp³-hybridized carbons (Fsp3) is 0.442. The molecule has 1 aromatic heterocycles. The zero-order valence-electron chi connectivity index (χ0n) is 41.2. The van der Waals surface area contributed by atoms with Crippen LogP contribution in [0.15, 0.2) is 96.8 Å². The summed E-state index contributed by atoms with van der Waals surface area (Å²) in [6, 6.07) is 12.4. The summed E-state index contributed by atoms with van der Waals surface area (Å²) < 4.78 is 7.43. The van der Waals surface area contributed by atoms with Gasteiger partial charge in [0.1, 0.15) is 13.2 Å². The van der Waals surface area contributed by atoms with Crippen molar-refractivity contribution >= 4 is 52.3 Å². The van der Waals surface area contributed by atoms with Crippen molar-refractivity contribution in [3.8, 4) is 0 Å². The number of ether oxygens (including phenoxy) is 1. The lowest BCUT2D eigenvalue weighted by Crippen LogP contribution is -2.37. The van der Waals surface area contributed by atoms with Crippen LogP contribution < -0.4 is 20.4 Å². The quantitative estimate of drug-likeness (QED) is 0.0825. The largest absolute Gasteiger partial charge is 0.446 e. The van der Waals surface area contributed by atoms with E-state index in [0.29, 0.717) is 24.6 Å². The van der Waals surface area contributed by atoms with E-state index in [4.69, 9.17) is 4.74 Å². The number of aryl methyl sites for hydroxylation is 1. The molecule has 1 aliphatic carbocycles. The Morgan fingerprint density at radius 2 is 1.60 bits per heavy atom. The van der Waals surface area contributed by atoms with Crippen LogP contribution in [0.5, 0.6) is 0 Å². The molecule has 1 atom stereocenters. The van der Waals surface area contributed by atoms with Gasteiger partial charge >= 0.3 is 6.09 Å². The lowest BCUT2D eigenvalue weighted by molar-refractivity contribution is -0.401. The van der Waals surface area contributed by atoms with Crippen molar-refractivity contribution in [1.29, 1.82) is 0 Å². The van der Waals surface area contributed by atoms with Gasteiger partial charge in [-0.05, 0) is 94.8 Å². The van der Waals surface area contributed by atoms with Crippen molar-refractivity contribution in [2.45, 2.75) is 110 Å². The van der Waals surface area contributed by atoms with Crippen molar-refractivity contribution in [2.24, 2.45) is 0 Å². The number of imide groups is 1. The highest BCUT2D eigenvalue weighted by atomic mass is 16.6. The first-order valence-corrected chi connectivity index (χ1v) is 23.2. The molecule has 15 nitrogen and oxygen atoms in total. The smallest absolute Gasteiger partial charge is 0.407 e. The number of aromatic nitrogens is 4. The second kappa shape index (κ2) is 23.1. The minimum absolute atomic E-state index is 0.00790. The number of benzene rings is 2. The molecule has 0 saturated carbocycles. The Bertz CT molecular complexity index is 2450. The standard InChI is InChI=1S/C39H43N9O3.C10H17NO2.C3H8/c1-25-41-43-34(44-42-25)24-35(49)40-26-14-16-30-28(22-26)38(2,3)32(46(30)7)12-10-9-11-13-33-39(4,5)29-23-27(15-17-31(29)47(33)8)45(6)20-21-48-36(50)18-19-37(48)51;1-11-10(12)13-9-7-5-3-2-4-6-8-9;1-3-2/h9-19,22-23H,20-21,24H2,1-8H3;2-3,9H,4-8H2,1H3,(H,11,12);3H2,1-2H3/p+1/b;3-2+;. The topological polar surface area (TPSA) is 166 Å². The number of alkyl carbamates (subject to hydrolysis) is 1. The summed E-state index contributed by atoms with van der Waals surface area (Å²) in [6.07, 6.45) is 23.7. The first-order valence-electron chi connectivity index (χ1n) is 23.2. The molecule has 3 aliphatic heterocycles. The van der Waals surface area contributed by atoms with Gasteiger partial charge in [0, 0.05) is 92.3 Å². The van der Waals surface area contributed by atoms with Gasteiger partial charge in [-0.3, -0.25) is 19.3 Å². The van der Waals surface area contributed by atoms with E-state index in [0.717, 1.165) is 60.4 Å². The number of nitrogens with zero attached hydrogens (tertiary/aromatic N) is 8. The van der Waals surface area contributed by atoms with Gasteiger partial charge in [-0.25, -0.2) is 4.79 Å². The van der Waals surface area contributed by atoms with E-state index in [1.165, 1.54) is 34.7 Å². The van der Waals surface area contributed by atoms with E-state index >= 15 is 0 Å². The number of carbonyl (C=O) groups excluding carboxylic acids is 4. The molecule has 1 unspecified atom stereocenters. The van der Waals surface area contributed by atoms with Crippen LogP contribution in [0.1, 0.15) is 103 Å². The first kappa shape index (κ1) is 51.2. The highest BCUT2D eigenvalue weighted by Crippen LogP contribution is 2.48. The second-order valence-corrected chi connectivity index (χ2v) is 18.1. The van der Waals surface area contributed by atoms with Crippen molar-refractivity contribution < 1.29 is 28.5 Å². The van der Waals surface area contributed by atoms with Crippen LogP contribution in [0.2, 0.25) is 0 Å². The molecule has 0 fully saturated rings. The molecule has 7 rings (SSSR count). The maximum atomic E-state index is 12.7. The number of hydrogen-bond donors (Lipinski definition) is 2. The predicted octanol–water partition coefficient (Wildman–Crippen LogP) is 8.19. The van der Waals surface area contributed by atoms with E-state index in [2.05, 4.69) is 162 Å². The molecule has 4 amide bonds. The van der Waals surface area contributed by atoms with Crippen LogP contribution in [0.3, 0.4) is 0 Å².